The molecule has 1 amide bonds. The van der Waals surface area contributed by atoms with Gasteiger partial charge in [0.1, 0.15) is 17.5 Å². The minimum absolute atomic E-state index is 0.103. The van der Waals surface area contributed by atoms with E-state index >= 15 is 0 Å². The molecular weight excluding hydrogens is 405 g/mol. The summed E-state index contributed by atoms with van der Waals surface area (Å²) in [7, 11) is 0. The van der Waals surface area contributed by atoms with E-state index in [0.717, 1.165) is 42.6 Å². The lowest BCUT2D eigenvalue weighted by Gasteiger charge is -2.22. The van der Waals surface area contributed by atoms with E-state index in [1.165, 1.54) is 30.8 Å². The van der Waals surface area contributed by atoms with Gasteiger partial charge in [-0.3, -0.25) is 9.80 Å². The molecule has 3 rings (SSSR count). The highest BCUT2D eigenvalue weighted by Crippen LogP contribution is 2.26. The third-order valence-corrected chi connectivity index (χ3v) is 5.87. The van der Waals surface area contributed by atoms with Crippen LogP contribution in [0.15, 0.2) is 57.7 Å². The van der Waals surface area contributed by atoms with Gasteiger partial charge in [-0.1, -0.05) is 5.22 Å². The van der Waals surface area contributed by atoms with Gasteiger partial charge >= 0.3 is 0 Å². The molecule has 2 aromatic rings. The molecule has 2 aromatic carbocycles. The molecule has 0 aromatic heterocycles. The summed E-state index contributed by atoms with van der Waals surface area (Å²) in [5.74, 6) is -1.28. The molecule has 1 aliphatic heterocycles. The quantitative estimate of drug-likeness (QED) is 0.507. The van der Waals surface area contributed by atoms with Crippen molar-refractivity contribution >= 4 is 29.0 Å². The fourth-order valence-electron chi connectivity index (χ4n) is 2.75. The molecule has 9 heteroatoms. The maximum absolute atomic E-state index is 13.7. The summed E-state index contributed by atoms with van der Waals surface area (Å²) in [6.07, 6.45) is 2.28. The van der Waals surface area contributed by atoms with Gasteiger partial charge in [0.15, 0.2) is 0 Å². The van der Waals surface area contributed by atoms with Gasteiger partial charge in [-0.25, -0.2) is 4.39 Å². The van der Waals surface area contributed by atoms with Crippen molar-refractivity contribution in [2.45, 2.75) is 30.3 Å². The Bertz CT molecular complexity index is 966. The first-order chi connectivity index (χ1) is 14.4. The van der Waals surface area contributed by atoms with Crippen LogP contribution in [0.5, 0.6) is 0 Å². The van der Waals surface area contributed by atoms with Crippen molar-refractivity contribution < 1.29 is 14.3 Å². The van der Waals surface area contributed by atoms with E-state index in [4.69, 9.17) is 5.26 Å². The van der Waals surface area contributed by atoms with Gasteiger partial charge in [-0.2, -0.15) is 5.26 Å². The Morgan fingerprint density at radius 1 is 1.30 bits per heavy atom. The number of carbonyl (C=O) groups is 1. The smallest absolute Gasteiger partial charge is 0.256 e. The van der Waals surface area contributed by atoms with Crippen LogP contribution in [0.2, 0.25) is 0 Å². The zero-order valence-corrected chi connectivity index (χ0v) is 17.3. The summed E-state index contributed by atoms with van der Waals surface area (Å²) < 4.78 is 13.7. The Kier molecular flexibility index (Phi) is 7.03. The molecule has 2 N–H and O–H groups in total. The molecule has 0 saturated carbocycles. The summed E-state index contributed by atoms with van der Waals surface area (Å²) in [6.45, 7) is 3.27. The summed E-state index contributed by atoms with van der Waals surface area (Å²) in [5.41, 5.74) is -0.879. The third-order valence-electron chi connectivity index (χ3n) is 4.56. The number of benzene rings is 2. The number of rotatable bonds is 7. The predicted octanol–water partition coefficient (Wildman–Crippen LogP) is 4.27. The van der Waals surface area contributed by atoms with Crippen molar-refractivity contribution in [3.63, 3.8) is 0 Å². The molecule has 0 bridgehead atoms. The lowest BCUT2D eigenvalue weighted by molar-refractivity contribution is -0.130. The van der Waals surface area contributed by atoms with E-state index in [0.29, 0.717) is 0 Å². The molecule has 0 aliphatic carbocycles. The molecule has 1 aliphatic rings. The zero-order chi connectivity index (χ0) is 21.6. The second-order valence-electron chi connectivity index (χ2n) is 7.17. The average molecular weight is 428 g/mol. The highest BCUT2D eigenvalue weighted by molar-refractivity contribution is 7.99. The highest BCUT2D eigenvalue weighted by atomic mass is 32.2. The Morgan fingerprint density at radius 2 is 2.00 bits per heavy atom. The average Bonchev–Trinajstić information content (AvgIpc) is 3.25. The monoisotopic (exact) mass is 427 g/mol. The fourth-order valence-corrected chi connectivity index (χ4v) is 3.66. The van der Waals surface area contributed by atoms with Crippen molar-refractivity contribution in [1.82, 2.24) is 5.01 Å². The SMILES string of the molecule is C[C@](O)(CSc1ccc(N=NN2CCCC2)cc1)C(=O)Nc1ccc(C#N)c(F)c1. The van der Waals surface area contributed by atoms with E-state index in [2.05, 4.69) is 15.7 Å². The van der Waals surface area contributed by atoms with Gasteiger partial charge in [-0.05, 0) is 62.2 Å². The van der Waals surface area contributed by atoms with Crippen molar-refractivity contribution in [2.24, 2.45) is 10.3 Å². The molecule has 30 heavy (non-hydrogen) atoms. The van der Waals surface area contributed by atoms with Crippen molar-refractivity contribution in [3.8, 4) is 6.07 Å². The summed E-state index contributed by atoms with van der Waals surface area (Å²) in [5, 5.41) is 32.1. The number of nitrogens with zero attached hydrogens (tertiary/aromatic N) is 4. The largest absolute Gasteiger partial charge is 0.379 e. The highest BCUT2D eigenvalue weighted by Gasteiger charge is 2.30. The van der Waals surface area contributed by atoms with Crippen molar-refractivity contribution in [3.05, 3.63) is 53.8 Å². The van der Waals surface area contributed by atoms with Crippen LogP contribution in [0, 0.1) is 17.1 Å². The molecular formula is C21H22FN5O2S. The number of anilines is 1. The van der Waals surface area contributed by atoms with Gasteiger partial charge in [-0.15, -0.1) is 16.9 Å². The van der Waals surface area contributed by atoms with Crippen LogP contribution < -0.4 is 5.32 Å². The van der Waals surface area contributed by atoms with E-state index < -0.39 is 17.3 Å². The van der Waals surface area contributed by atoms with E-state index in [9.17, 15) is 14.3 Å². The summed E-state index contributed by atoms with van der Waals surface area (Å²) in [4.78, 5) is 13.3. The number of carbonyl (C=O) groups excluding carboxylic acids is 1. The van der Waals surface area contributed by atoms with Crippen LogP contribution in [0.3, 0.4) is 0 Å². The summed E-state index contributed by atoms with van der Waals surface area (Å²) in [6, 6.07) is 12.8. The maximum atomic E-state index is 13.7. The lowest BCUT2D eigenvalue weighted by Crippen LogP contribution is -2.42. The predicted molar refractivity (Wildman–Crippen MR) is 113 cm³/mol. The van der Waals surface area contributed by atoms with E-state index in [-0.39, 0.29) is 17.0 Å². The van der Waals surface area contributed by atoms with Gasteiger partial charge in [0.25, 0.3) is 5.91 Å². The number of aliphatic hydroxyl groups is 1. The molecule has 0 spiro atoms. The number of hydrogen-bond donors (Lipinski definition) is 2. The number of nitriles is 1. The molecule has 0 radical (unpaired) electrons. The Morgan fingerprint density at radius 3 is 2.63 bits per heavy atom. The first-order valence-corrected chi connectivity index (χ1v) is 10.5. The van der Waals surface area contributed by atoms with E-state index in [1.807, 2.05) is 29.3 Å². The van der Waals surface area contributed by atoms with Crippen LogP contribution >= 0.6 is 11.8 Å². The van der Waals surface area contributed by atoms with Gasteiger partial charge in [0.2, 0.25) is 0 Å². The topological polar surface area (TPSA) is 101 Å². The number of amides is 1. The molecule has 0 unspecified atom stereocenters. The lowest BCUT2D eigenvalue weighted by atomic mass is 10.1. The fraction of sp³-hybridized carbons (Fsp3) is 0.333. The van der Waals surface area contributed by atoms with Gasteiger partial charge < -0.3 is 10.4 Å². The molecule has 1 atom stereocenters. The summed E-state index contributed by atoms with van der Waals surface area (Å²) >= 11 is 1.32. The van der Waals surface area contributed by atoms with E-state index in [1.54, 1.807) is 6.07 Å². The first kappa shape index (κ1) is 21.7. The second kappa shape index (κ2) is 9.69. The number of nitrogens with one attached hydrogen (secondary N) is 1. The minimum Gasteiger partial charge on any atom is -0.379 e. The van der Waals surface area contributed by atoms with Gasteiger partial charge in [0, 0.05) is 29.4 Å². The molecule has 1 heterocycles. The zero-order valence-electron chi connectivity index (χ0n) is 16.5. The number of hydrogen-bond acceptors (Lipinski definition) is 6. The third kappa shape index (κ3) is 5.78. The van der Waals surface area contributed by atoms with Crippen LogP contribution in [0.4, 0.5) is 15.8 Å². The Balaban J connectivity index is 1.54. The number of halogens is 1. The molecule has 156 valence electrons. The standard InChI is InChI=1S/C21H22FN5O2S/c1-21(29,20(28)24-17-5-4-15(13-23)19(22)12-17)14-30-18-8-6-16(7-9-18)25-26-27-10-2-3-11-27/h4-9,12,29H,2-3,10-11,14H2,1H3,(H,24,28)/t21-/m0/s1. The van der Waals surface area contributed by atoms with Crippen molar-refractivity contribution in [1.29, 1.82) is 5.26 Å². The Labute approximate surface area is 178 Å². The van der Waals surface area contributed by atoms with Crippen LogP contribution in [-0.4, -0.2) is 40.5 Å². The van der Waals surface area contributed by atoms with Crippen LogP contribution in [-0.2, 0) is 4.79 Å². The first-order valence-electron chi connectivity index (χ1n) is 9.50. The normalized spacial score (nSPS) is 15.7. The van der Waals surface area contributed by atoms with Gasteiger partial charge in [0.05, 0.1) is 11.3 Å². The minimum atomic E-state index is -1.68. The maximum Gasteiger partial charge on any atom is 0.256 e. The number of thioether (sulfide) groups is 1. The van der Waals surface area contributed by atoms with Crippen molar-refractivity contribution in [2.75, 3.05) is 24.2 Å². The molecule has 1 saturated heterocycles. The van der Waals surface area contributed by atoms with Crippen LogP contribution in [0.25, 0.3) is 0 Å². The van der Waals surface area contributed by atoms with Crippen LogP contribution in [0.1, 0.15) is 25.3 Å². The Hall–Kier alpha value is -2.96. The second-order valence-corrected chi connectivity index (χ2v) is 8.22. The molecule has 1 fully saturated rings. The molecule has 7 nitrogen and oxygen atoms in total.